The van der Waals surface area contributed by atoms with Gasteiger partial charge in [-0.25, -0.2) is 4.98 Å². The van der Waals surface area contributed by atoms with Crippen LogP contribution in [0.25, 0.3) is 10.9 Å². The van der Waals surface area contributed by atoms with E-state index >= 15 is 0 Å². The zero-order valence-electron chi connectivity index (χ0n) is 13.8. The van der Waals surface area contributed by atoms with Crippen LogP contribution in [-0.2, 0) is 16.1 Å². The number of hydrogen-bond donors (Lipinski definition) is 1. The number of fused-ring (bicyclic) bond motifs is 1. The molecule has 1 unspecified atom stereocenters. The Balaban J connectivity index is 2.46. The van der Waals surface area contributed by atoms with Gasteiger partial charge >= 0.3 is 0 Å². The van der Waals surface area contributed by atoms with Crippen molar-refractivity contribution in [2.45, 2.75) is 39.3 Å². The van der Waals surface area contributed by atoms with Gasteiger partial charge in [-0.3, -0.25) is 14.2 Å². The lowest BCUT2D eigenvalue weighted by molar-refractivity contribution is -0.121. The van der Waals surface area contributed by atoms with Crippen molar-refractivity contribution in [3.05, 3.63) is 40.4 Å². The van der Waals surface area contributed by atoms with Crippen LogP contribution in [0, 0.1) is 0 Å². The highest BCUT2D eigenvalue weighted by Crippen LogP contribution is 2.14. The van der Waals surface area contributed by atoms with Crippen molar-refractivity contribution in [2.24, 2.45) is 0 Å². The average Bonchev–Trinajstić information content (AvgIpc) is 2.54. The molecule has 0 bridgehead atoms. The SMILES string of the molecule is CCCC(=O)NC(C)c1nc2ccccc2c(=O)n1CCOC. The maximum atomic E-state index is 12.7. The molecule has 6 nitrogen and oxygen atoms in total. The molecule has 2 rings (SSSR count). The van der Waals surface area contributed by atoms with E-state index < -0.39 is 0 Å². The van der Waals surface area contributed by atoms with Crippen LogP contribution in [0.4, 0.5) is 0 Å². The fourth-order valence-corrected chi connectivity index (χ4v) is 2.52. The average molecular weight is 317 g/mol. The molecule has 1 amide bonds. The molecule has 2 aromatic rings. The van der Waals surface area contributed by atoms with Crippen LogP contribution in [0.2, 0.25) is 0 Å². The van der Waals surface area contributed by atoms with E-state index in [-0.39, 0.29) is 17.5 Å². The zero-order valence-corrected chi connectivity index (χ0v) is 13.8. The summed E-state index contributed by atoms with van der Waals surface area (Å²) in [6.45, 7) is 4.60. The third kappa shape index (κ3) is 3.96. The molecule has 0 saturated heterocycles. The van der Waals surface area contributed by atoms with Crippen molar-refractivity contribution < 1.29 is 9.53 Å². The number of aromatic nitrogens is 2. The van der Waals surface area contributed by atoms with Crippen molar-refractivity contribution in [3.8, 4) is 0 Å². The van der Waals surface area contributed by atoms with E-state index in [4.69, 9.17) is 4.74 Å². The van der Waals surface area contributed by atoms with E-state index in [0.29, 0.717) is 36.3 Å². The standard InChI is InChI=1S/C17H23N3O3/c1-4-7-15(21)18-12(2)16-19-14-9-6-5-8-13(14)17(22)20(16)10-11-23-3/h5-6,8-9,12H,4,7,10-11H2,1-3H3,(H,18,21). The minimum absolute atomic E-state index is 0.0410. The molecule has 0 saturated carbocycles. The summed E-state index contributed by atoms with van der Waals surface area (Å²) in [5, 5.41) is 3.47. The van der Waals surface area contributed by atoms with Gasteiger partial charge in [-0.05, 0) is 25.5 Å². The summed E-state index contributed by atoms with van der Waals surface area (Å²) < 4.78 is 6.68. The topological polar surface area (TPSA) is 73.2 Å². The number of para-hydroxylation sites is 1. The third-order valence-corrected chi connectivity index (χ3v) is 3.65. The summed E-state index contributed by atoms with van der Waals surface area (Å²) in [6, 6.07) is 6.89. The molecule has 0 radical (unpaired) electrons. The number of benzene rings is 1. The van der Waals surface area contributed by atoms with Gasteiger partial charge in [0, 0.05) is 13.5 Å². The van der Waals surface area contributed by atoms with Crippen LogP contribution in [-0.4, -0.2) is 29.2 Å². The highest BCUT2D eigenvalue weighted by molar-refractivity contribution is 5.78. The van der Waals surface area contributed by atoms with Crippen molar-refractivity contribution in [2.75, 3.05) is 13.7 Å². The summed E-state index contributed by atoms with van der Waals surface area (Å²) in [6.07, 6.45) is 1.24. The van der Waals surface area contributed by atoms with Crippen LogP contribution in [0.1, 0.15) is 38.6 Å². The largest absolute Gasteiger partial charge is 0.383 e. The van der Waals surface area contributed by atoms with Gasteiger partial charge in [-0.2, -0.15) is 0 Å². The van der Waals surface area contributed by atoms with Gasteiger partial charge in [-0.15, -0.1) is 0 Å². The molecule has 1 N–H and O–H groups in total. The van der Waals surface area contributed by atoms with Crippen molar-refractivity contribution in [3.63, 3.8) is 0 Å². The molecule has 1 aromatic carbocycles. The number of carbonyl (C=O) groups is 1. The molecule has 23 heavy (non-hydrogen) atoms. The summed E-state index contributed by atoms with van der Waals surface area (Å²) in [4.78, 5) is 29.2. The molecule has 1 atom stereocenters. The Hall–Kier alpha value is -2.21. The molecule has 0 aliphatic rings. The first-order valence-electron chi connectivity index (χ1n) is 7.86. The number of ether oxygens (including phenoxy) is 1. The number of hydrogen-bond acceptors (Lipinski definition) is 4. The maximum Gasteiger partial charge on any atom is 0.261 e. The number of amides is 1. The minimum atomic E-state index is -0.344. The van der Waals surface area contributed by atoms with Gasteiger partial charge in [0.05, 0.1) is 30.1 Å². The Morgan fingerprint density at radius 1 is 1.39 bits per heavy atom. The van der Waals surface area contributed by atoms with Crippen LogP contribution in [0.15, 0.2) is 29.1 Å². The van der Waals surface area contributed by atoms with Crippen LogP contribution in [0.3, 0.4) is 0 Å². The van der Waals surface area contributed by atoms with Gasteiger partial charge < -0.3 is 10.1 Å². The second-order valence-electron chi connectivity index (χ2n) is 5.48. The Morgan fingerprint density at radius 3 is 2.83 bits per heavy atom. The van der Waals surface area contributed by atoms with Gasteiger partial charge in [0.15, 0.2) is 0 Å². The fraction of sp³-hybridized carbons (Fsp3) is 0.471. The van der Waals surface area contributed by atoms with Gasteiger partial charge in [0.2, 0.25) is 5.91 Å². The predicted octanol–water partition coefficient (Wildman–Crippen LogP) is 2.02. The Morgan fingerprint density at radius 2 is 2.13 bits per heavy atom. The first kappa shape index (κ1) is 17.1. The van der Waals surface area contributed by atoms with E-state index in [1.165, 1.54) is 0 Å². The summed E-state index contributed by atoms with van der Waals surface area (Å²) in [7, 11) is 1.59. The lowest BCUT2D eigenvalue weighted by Crippen LogP contribution is -2.34. The summed E-state index contributed by atoms with van der Waals surface area (Å²) in [5.74, 6) is 0.510. The van der Waals surface area contributed by atoms with E-state index in [0.717, 1.165) is 6.42 Å². The fourth-order valence-electron chi connectivity index (χ4n) is 2.52. The van der Waals surface area contributed by atoms with Gasteiger partial charge in [0.25, 0.3) is 5.56 Å². The normalized spacial score (nSPS) is 12.3. The van der Waals surface area contributed by atoms with Crippen LogP contribution in [0.5, 0.6) is 0 Å². The van der Waals surface area contributed by atoms with Crippen LogP contribution >= 0.6 is 0 Å². The van der Waals surface area contributed by atoms with E-state index in [1.807, 2.05) is 32.0 Å². The zero-order chi connectivity index (χ0) is 16.8. The lowest BCUT2D eigenvalue weighted by Gasteiger charge is -2.19. The summed E-state index contributed by atoms with van der Waals surface area (Å²) in [5.41, 5.74) is 0.525. The second kappa shape index (κ2) is 7.87. The number of rotatable bonds is 7. The smallest absolute Gasteiger partial charge is 0.261 e. The van der Waals surface area contributed by atoms with Crippen molar-refractivity contribution in [1.29, 1.82) is 0 Å². The molecular weight excluding hydrogens is 294 g/mol. The highest BCUT2D eigenvalue weighted by atomic mass is 16.5. The lowest BCUT2D eigenvalue weighted by atomic mass is 10.2. The first-order valence-corrected chi connectivity index (χ1v) is 7.86. The molecular formula is C17H23N3O3. The molecule has 0 fully saturated rings. The highest BCUT2D eigenvalue weighted by Gasteiger charge is 2.17. The Labute approximate surface area is 135 Å². The number of nitrogens with zero attached hydrogens (tertiary/aromatic N) is 2. The van der Waals surface area contributed by atoms with Crippen molar-refractivity contribution >= 4 is 16.8 Å². The second-order valence-corrected chi connectivity index (χ2v) is 5.48. The molecule has 124 valence electrons. The monoisotopic (exact) mass is 317 g/mol. The van der Waals surface area contributed by atoms with E-state index in [9.17, 15) is 9.59 Å². The summed E-state index contributed by atoms with van der Waals surface area (Å²) >= 11 is 0. The maximum absolute atomic E-state index is 12.7. The first-order chi connectivity index (χ1) is 11.1. The van der Waals surface area contributed by atoms with E-state index in [2.05, 4.69) is 10.3 Å². The van der Waals surface area contributed by atoms with Crippen LogP contribution < -0.4 is 10.9 Å². The number of methoxy groups -OCH3 is 1. The predicted molar refractivity (Wildman–Crippen MR) is 89.3 cm³/mol. The molecule has 0 spiro atoms. The number of nitrogens with one attached hydrogen (secondary N) is 1. The Kier molecular flexibility index (Phi) is 5.87. The Bertz CT molecular complexity index is 739. The molecule has 1 heterocycles. The molecule has 1 aromatic heterocycles. The number of carbonyl (C=O) groups excluding carboxylic acids is 1. The molecule has 0 aliphatic carbocycles. The molecule has 0 aliphatic heterocycles. The third-order valence-electron chi connectivity index (χ3n) is 3.65. The minimum Gasteiger partial charge on any atom is -0.383 e. The van der Waals surface area contributed by atoms with Crippen molar-refractivity contribution in [1.82, 2.24) is 14.9 Å². The van der Waals surface area contributed by atoms with Gasteiger partial charge in [0.1, 0.15) is 5.82 Å². The quantitative estimate of drug-likeness (QED) is 0.848. The van der Waals surface area contributed by atoms with Gasteiger partial charge in [-0.1, -0.05) is 19.1 Å². The van der Waals surface area contributed by atoms with E-state index in [1.54, 1.807) is 17.7 Å². The molecule has 6 heteroatoms.